The highest BCUT2D eigenvalue weighted by Crippen LogP contribution is 2.19. The zero-order chi connectivity index (χ0) is 19.3. The molecule has 0 radical (unpaired) electrons. The first kappa shape index (κ1) is 21.7. The van der Waals surface area contributed by atoms with Crippen molar-refractivity contribution in [2.24, 2.45) is 5.73 Å². The molecule has 136 valence electrons. The molecular weight excluding hydrogens is 315 g/mol. The van der Waals surface area contributed by atoms with E-state index in [-0.39, 0.29) is 11.4 Å². The fourth-order valence-electron chi connectivity index (χ4n) is 1.45. The molecule has 0 bridgehead atoms. The van der Waals surface area contributed by atoms with Crippen LogP contribution in [0.2, 0.25) is 0 Å². The minimum absolute atomic E-state index is 0.0491. The summed E-state index contributed by atoms with van der Waals surface area (Å²) in [6.45, 7) is 14.6. The average Bonchev–Trinajstić information content (AvgIpc) is 2.32. The Hall–Kier alpha value is -2.31. The molecule has 0 aliphatic heterocycles. The number of hydrogen-bond acceptors (Lipinski definition) is 5. The fraction of sp³-hybridized carbons (Fsp3) is 0.529. The molecule has 0 aliphatic carbocycles. The second-order valence-corrected chi connectivity index (χ2v) is 7.09. The molecule has 0 spiro atoms. The Morgan fingerprint density at radius 2 is 1.42 bits per heavy atom. The van der Waals surface area contributed by atoms with Crippen molar-refractivity contribution in [1.29, 1.82) is 0 Å². The van der Waals surface area contributed by atoms with E-state index in [1.54, 1.807) is 41.5 Å². The number of carbonyl (C=O) groups is 2. The van der Waals surface area contributed by atoms with Gasteiger partial charge in [0.15, 0.2) is 0 Å². The van der Waals surface area contributed by atoms with Gasteiger partial charge in [0.1, 0.15) is 17.0 Å². The van der Waals surface area contributed by atoms with Gasteiger partial charge in [-0.1, -0.05) is 6.58 Å². The van der Waals surface area contributed by atoms with Gasteiger partial charge in [-0.2, -0.15) is 4.90 Å². The first-order valence-corrected chi connectivity index (χ1v) is 7.40. The summed E-state index contributed by atoms with van der Waals surface area (Å²) in [6.07, 6.45) is 0.157. The second kappa shape index (κ2) is 7.99. The van der Waals surface area contributed by atoms with Crippen LogP contribution in [0.3, 0.4) is 0 Å². The molecule has 0 aromatic heterocycles. The van der Waals surface area contributed by atoms with Crippen LogP contribution < -0.4 is 5.73 Å². The Morgan fingerprint density at radius 3 is 1.71 bits per heavy atom. The van der Waals surface area contributed by atoms with E-state index in [4.69, 9.17) is 15.2 Å². The van der Waals surface area contributed by atoms with Crippen molar-refractivity contribution in [3.8, 4) is 0 Å². The Bertz CT molecular complexity index is 538. The molecule has 24 heavy (non-hydrogen) atoms. The van der Waals surface area contributed by atoms with Crippen molar-refractivity contribution in [3.63, 3.8) is 0 Å². The first-order chi connectivity index (χ1) is 10.7. The van der Waals surface area contributed by atoms with Gasteiger partial charge in [-0.3, -0.25) is 0 Å². The number of hydrogen-bond donors (Lipinski definition) is 1. The molecule has 6 nitrogen and oxygen atoms in total. The summed E-state index contributed by atoms with van der Waals surface area (Å²) < 4.78 is 23.8. The third-order valence-electron chi connectivity index (χ3n) is 2.32. The topological polar surface area (TPSA) is 81.9 Å². The number of rotatable bonds is 3. The number of imide groups is 1. The monoisotopic (exact) mass is 342 g/mol. The van der Waals surface area contributed by atoms with Gasteiger partial charge in [-0.25, -0.2) is 14.0 Å². The fourth-order valence-corrected chi connectivity index (χ4v) is 1.45. The van der Waals surface area contributed by atoms with Crippen molar-refractivity contribution < 1.29 is 23.5 Å². The van der Waals surface area contributed by atoms with Gasteiger partial charge in [-0.15, -0.1) is 0 Å². The van der Waals surface area contributed by atoms with Gasteiger partial charge in [0, 0.05) is 5.70 Å². The molecule has 0 aromatic carbocycles. The predicted molar refractivity (Wildman–Crippen MR) is 90.6 cm³/mol. The van der Waals surface area contributed by atoms with Crippen LogP contribution in [0.1, 0.15) is 48.5 Å². The maximum Gasteiger partial charge on any atom is 0.424 e. The minimum Gasteiger partial charge on any atom is -0.443 e. The lowest BCUT2D eigenvalue weighted by atomic mass is 10.2. The van der Waals surface area contributed by atoms with Crippen LogP contribution in [-0.2, 0) is 9.47 Å². The summed E-state index contributed by atoms with van der Waals surface area (Å²) in [6, 6.07) is 0. The molecule has 0 aliphatic rings. The molecule has 2 N–H and O–H groups in total. The molecule has 0 fully saturated rings. The summed E-state index contributed by atoms with van der Waals surface area (Å²) in [5, 5.41) is 0. The largest absolute Gasteiger partial charge is 0.443 e. The average molecular weight is 342 g/mol. The van der Waals surface area contributed by atoms with Crippen molar-refractivity contribution in [1.82, 2.24) is 4.90 Å². The van der Waals surface area contributed by atoms with Crippen molar-refractivity contribution in [3.05, 3.63) is 36.0 Å². The number of nitrogens with two attached hydrogens (primary N) is 1. The number of ether oxygens (including phenoxy) is 2. The number of allylic oxidation sites excluding steroid dienone is 4. The van der Waals surface area contributed by atoms with E-state index in [2.05, 4.69) is 6.58 Å². The number of nitrogens with zero attached hydrogens (tertiary/aromatic N) is 1. The zero-order valence-corrected chi connectivity index (χ0v) is 15.4. The van der Waals surface area contributed by atoms with E-state index in [0.29, 0.717) is 4.90 Å². The van der Waals surface area contributed by atoms with Gasteiger partial charge in [0.2, 0.25) is 0 Å². The zero-order valence-electron chi connectivity index (χ0n) is 15.4. The highest BCUT2D eigenvalue weighted by Gasteiger charge is 2.32. The van der Waals surface area contributed by atoms with Gasteiger partial charge in [-0.05, 0) is 60.6 Å². The number of amides is 2. The first-order valence-electron chi connectivity index (χ1n) is 7.40. The highest BCUT2D eigenvalue weighted by atomic mass is 19.1. The normalized spacial score (nSPS) is 13.8. The van der Waals surface area contributed by atoms with Gasteiger partial charge in [0.05, 0.1) is 5.70 Å². The molecule has 2 amide bonds. The van der Waals surface area contributed by atoms with Gasteiger partial charge < -0.3 is 15.2 Å². The Kier molecular flexibility index (Phi) is 7.22. The van der Waals surface area contributed by atoms with E-state index < -0.39 is 29.2 Å². The van der Waals surface area contributed by atoms with Crippen LogP contribution in [-0.4, -0.2) is 28.3 Å². The molecule has 0 unspecified atom stereocenters. The molecule has 0 heterocycles. The van der Waals surface area contributed by atoms with E-state index in [0.717, 1.165) is 12.2 Å². The molecule has 0 aromatic rings. The lowest BCUT2D eigenvalue weighted by molar-refractivity contribution is 0.00835. The molecule has 0 saturated heterocycles. The lowest BCUT2D eigenvalue weighted by Crippen LogP contribution is -2.42. The minimum atomic E-state index is -0.947. The second-order valence-electron chi connectivity index (χ2n) is 7.09. The molecule has 7 heteroatoms. The summed E-state index contributed by atoms with van der Waals surface area (Å²) >= 11 is 0. The summed E-state index contributed by atoms with van der Waals surface area (Å²) in [5.41, 5.74) is 3.66. The standard InChI is InChI=1S/C17H27FN2O4/c1-9-12(18)13(19)10-11(2)20(14(21)23-16(3,4)5)15(22)24-17(6,7)8/h9-10H,1,19H2,2-8H3/b11-10+,13-12-. The van der Waals surface area contributed by atoms with Crippen molar-refractivity contribution >= 4 is 12.2 Å². The maximum atomic E-state index is 13.4. The predicted octanol–water partition coefficient (Wildman–Crippen LogP) is 4.39. The number of halogens is 1. The Balaban J connectivity index is 5.79. The van der Waals surface area contributed by atoms with Crippen LogP contribution in [0, 0.1) is 0 Å². The summed E-state index contributed by atoms with van der Waals surface area (Å²) in [7, 11) is 0. The van der Waals surface area contributed by atoms with Crippen LogP contribution in [0.5, 0.6) is 0 Å². The van der Waals surface area contributed by atoms with Crippen LogP contribution in [0.4, 0.5) is 14.0 Å². The van der Waals surface area contributed by atoms with Crippen LogP contribution in [0.25, 0.3) is 0 Å². The van der Waals surface area contributed by atoms with Crippen molar-refractivity contribution in [2.75, 3.05) is 0 Å². The molecule has 0 atom stereocenters. The molecule has 0 rings (SSSR count). The Labute approximate surface area is 142 Å². The van der Waals surface area contributed by atoms with E-state index in [9.17, 15) is 14.0 Å². The van der Waals surface area contributed by atoms with Crippen LogP contribution in [0.15, 0.2) is 36.0 Å². The van der Waals surface area contributed by atoms with E-state index in [1.165, 1.54) is 6.92 Å². The van der Waals surface area contributed by atoms with E-state index in [1.807, 2.05) is 0 Å². The Morgan fingerprint density at radius 1 is 1.04 bits per heavy atom. The van der Waals surface area contributed by atoms with E-state index >= 15 is 0 Å². The van der Waals surface area contributed by atoms with Crippen LogP contribution >= 0.6 is 0 Å². The smallest absolute Gasteiger partial charge is 0.424 e. The highest BCUT2D eigenvalue weighted by molar-refractivity contribution is 5.90. The van der Waals surface area contributed by atoms with Gasteiger partial charge >= 0.3 is 12.2 Å². The number of carbonyl (C=O) groups excluding carboxylic acids is 2. The summed E-state index contributed by atoms with van der Waals surface area (Å²) in [4.78, 5) is 25.3. The lowest BCUT2D eigenvalue weighted by Gasteiger charge is -2.29. The third kappa shape index (κ3) is 7.80. The quantitative estimate of drug-likeness (QED) is 0.769. The third-order valence-corrected chi connectivity index (χ3v) is 2.32. The van der Waals surface area contributed by atoms with Gasteiger partial charge in [0.25, 0.3) is 0 Å². The molecular formula is C17H27FN2O4. The SMILES string of the molecule is C=C/C(F)=C(N)\C=C(/C)N(C(=O)OC(C)(C)C)C(=O)OC(C)(C)C. The summed E-state index contributed by atoms with van der Waals surface area (Å²) in [5.74, 6) is -0.775. The molecule has 0 saturated carbocycles. The maximum absolute atomic E-state index is 13.4. The van der Waals surface area contributed by atoms with Crippen molar-refractivity contribution in [2.45, 2.75) is 59.7 Å².